The van der Waals surface area contributed by atoms with Crippen LogP contribution in [0.2, 0.25) is 0 Å². The Balaban J connectivity index is 3.86. The van der Waals surface area contributed by atoms with Gasteiger partial charge in [0.1, 0.15) is 18.3 Å². The summed E-state index contributed by atoms with van der Waals surface area (Å²) >= 11 is 0. The van der Waals surface area contributed by atoms with Crippen LogP contribution >= 0.6 is 0 Å². The van der Waals surface area contributed by atoms with Crippen LogP contribution in [0.15, 0.2) is 0 Å². The lowest BCUT2D eigenvalue weighted by atomic mass is 9.92. The van der Waals surface area contributed by atoms with Crippen LogP contribution in [0.5, 0.6) is 0 Å². The van der Waals surface area contributed by atoms with Gasteiger partial charge in [-0.15, -0.1) is 0 Å². The van der Waals surface area contributed by atoms with E-state index in [-0.39, 0.29) is 19.0 Å². The van der Waals surface area contributed by atoms with E-state index in [1.807, 2.05) is 0 Å². The van der Waals surface area contributed by atoms with Crippen molar-refractivity contribution in [1.82, 2.24) is 0 Å². The molecule has 0 amide bonds. The molecule has 0 aliphatic heterocycles. The van der Waals surface area contributed by atoms with Gasteiger partial charge in [0.15, 0.2) is 0 Å². The van der Waals surface area contributed by atoms with Crippen molar-refractivity contribution in [2.24, 2.45) is 5.92 Å². The zero-order chi connectivity index (χ0) is 29.4. The van der Waals surface area contributed by atoms with Crippen molar-refractivity contribution in [3.05, 3.63) is 0 Å². The van der Waals surface area contributed by atoms with Crippen LogP contribution in [-0.4, -0.2) is 30.1 Å². The van der Waals surface area contributed by atoms with Crippen LogP contribution in [0.4, 0.5) is 0 Å². The Morgan fingerprint density at radius 3 is 1.18 bits per heavy atom. The van der Waals surface area contributed by atoms with Crippen molar-refractivity contribution >= 4 is 11.8 Å². The Kier molecular flexibility index (Phi) is 31.9. The minimum atomic E-state index is -0.638. The van der Waals surface area contributed by atoms with E-state index < -0.39 is 11.9 Å². The van der Waals surface area contributed by atoms with E-state index in [9.17, 15) is 9.59 Å². The van der Waals surface area contributed by atoms with Gasteiger partial charge in [-0.05, 0) is 12.8 Å². The van der Waals surface area contributed by atoms with Crippen LogP contribution in [0.1, 0.15) is 200 Å². The highest BCUT2D eigenvalue weighted by Crippen LogP contribution is 2.19. The lowest BCUT2D eigenvalue weighted by Gasteiger charge is -2.15. The van der Waals surface area contributed by atoms with Gasteiger partial charge in [-0.1, -0.05) is 181 Å². The highest BCUT2D eigenvalue weighted by molar-refractivity contribution is 5.98. The van der Waals surface area contributed by atoms with Crippen LogP contribution in [0, 0.1) is 5.92 Å². The van der Waals surface area contributed by atoms with Gasteiger partial charge < -0.3 is 9.84 Å². The normalized spacial score (nSPS) is 12.1. The summed E-state index contributed by atoms with van der Waals surface area (Å²) in [5, 5.41) is 9.02. The first-order chi connectivity index (χ1) is 19.7. The Morgan fingerprint density at radius 1 is 0.500 bits per heavy atom. The Hall–Kier alpha value is -0.900. The molecule has 1 N–H and O–H groups in total. The topological polar surface area (TPSA) is 63.6 Å². The molecule has 0 heterocycles. The summed E-state index contributed by atoms with van der Waals surface area (Å²) in [6, 6.07) is 0. The second-order valence-electron chi connectivity index (χ2n) is 12.3. The van der Waals surface area contributed by atoms with E-state index in [1.165, 1.54) is 148 Å². The fraction of sp³-hybridized carbons (Fsp3) is 0.944. The predicted octanol–water partition coefficient (Wildman–Crippen LogP) is 11.1. The van der Waals surface area contributed by atoms with Crippen LogP contribution < -0.4 is 0 Å². The number of aliphatic hydroxyl groups is 1. The summed E-state index contributed by atoms with van der Waals surface area (Å²) in [6.45, 7) is 4.33. The third-order valence-corrected chi connectivity index (χ3v) is 8.38. The Labute approximate surface area is 250 Å². The number of esters is 1. The molecule has 238 valence electrons. The number of rotatable bonds is 33. The fourth-order valence-corrected chi connectivity index (χ4v) is 5.69. The van der Waals surface area contributed by atoms with Crippen molar-refractivity contribution in [3.8, 4) is 0 Å². The summed E-state index contributed by atoms with van der Waals surface area (Å²) in [5.74, 6) is -1.02. The average molecular weight is 567 g/mol. The monoisotopic (exact) mass is 567 g/mol. The lowest BCUT2D eigenvalue weighted by Crippen LogP contribution is -2.27. The van der Waals surface area contributed by atoms with Crippen LogP contribution in [0.25, 0.3) is 0 Å². The van der Waals surface area contributed by atoms with E-state index in [1.54, 1.807) is 0 Å². The van der Waals surface area contributed by atoms with E-state index in [4.69, 9.17) is 9.84 Å². The number of ketones is 1. The third-order valence-electron chi connectivity index (χ3n) is 8.38. The molecule has 0 saturated carbocycles. The molecule has 0 rings (SSSR count). The molecule has 0 saturated heterocycles. The van der Waals surface area contributed by atoms with E-state index >= 15 is 0 Å². The van der Waals surface area contributed by atoms with E-state index in [2.05, 4.69) is 13.8 Å². The predicted molar refractivity (Wildman–Crippen MR) is 172 cm³/mol. The number of unbranched alkanes of at least 4 members (excludes halogenated alkanes) is 25. The first-order valence-electron chi connectivity index (χ1n) is 18.0. The summed E-state index contributed by atoms with van der Waals surface area (Å²) in [7, 11) is 0. The maximum absolute atomic E-state index is 12.9. The summed E-state index contributed by atoms with van der Waals surface area (Å²) in [5.41, 5.74) is 0. The average Bonchev–Trinajstić information content (AvgIpc) is 2.96. The highest BCUT2D eigenvalue weighted by atomic mass is 16.5. The zero-order valence-corrected chi connectivity index (χ0v) is 27.2. The van der Waals surface area contributed by atoms with E-state index in [0.717, 1.165) is 25.7 Å². The van der Waals surface area contributed by atoms with Crippen molar-refractivity contribution in [3.63, 3.8) is 0 Å². The standard InChI is InChI=1S/C36H70O4/c1-3-5-7-9-11-13-15-17-19-20-22-24-26-28-30-34(36(39)40-33-32-37)35(38)31-29-27-25-23-21-18-16-14-12-10-8-6-4-2/h34,37H,3-33H2,1-2H3. The van der Waals surface area contributed by atoms with E-state index in [0.29, 0.717) is 12.8 Å². The fourth-order valence-electron chi connectivity index (χ4n) is 5.69. The maximum Gasteiger partial charge on any atom is 0.316 e. The molecule has 0 aromatic rings. The number of hydrogen-bond donors (Lipinski definition) is 1. The molecule has 4 heteroatoms. The van der Waals surface area contributed by atoms with Crippen molar-refractivity contribution in [2.45, 2.75) is 200 Å². The van der Waals surface area contributed by atoms with Crippen molar-refractivity contribution < 1.29 is 19.4 Å². The number of hydrogen-bond acceptors (Lipinski definition) is 4. The highest BCUT2D eigenvalue weighted by Gasteiger charge is 2.26. The van der Waals surface area contributed by atoms with Gasteiger partial charge in [0.05, 0.1) is 6.61 Å². The SMILES string of the molecule is CCCCCCCCCCCCCCCCC(C(=O)CCCCCCCCCCCCCCC)C(=O)OCCO. The zero-order valence-electron chi connectivity index (χ0n) is 27.2. The van der Waals surface area contributed by atoms with Gasteiger partial charge in [-0.2, -0.15) is 0 Å². The molecule has 0 spiro atoms. The molecule has 1 atom stereocenters. The van der Waals surface area contributed by atoms with Gasteiger partial charge in [-0.3, -0.25) is 9.59 Å². The molecule has 0 radical (unpaired) electrons. The van der Waals surface area contributed by atoms with Crippen molar-refractivity contribution in [1.29, 1.82) is 0 Å². The third kappa shape index (κ3) is 27.3. The summed E-state index contributed by atoms with van der Waals surface area (Å²) in [6.07, 6.45) is 35.8. The summed E-state index contributed by atoms with van der Waals surface area (Å²) < 4.78 is 5.15. The molecule has 40 heavy (non-hydrogen) atoms. The largest absolute Gasteiger partial charge is 0.463 e. The Bertz CT molecular complexity index is 533. The smallest absolute Gasteiger partial charge is 0.316 e. The molecule has 0 aromatic heterocycles. The van der Waals surface area contributed by atoms with Gasteiger partial charge in [0, 0.05) is 6.42 Å². The quantitative estimate of drug-likeness (QED) is 0.0487. The number of carbonyl (C=O) groups is 2. The summed E-state index contributed by atoms with van der Waals surface area (Å²) in [4.78, 5) is 25.3. The van der Waals surface area contributed by atoms with Crippen LogP contribution in [-0.2, 0) is 14.3 Å². The minimum absolute atomic E-state index is 0.0138. The van der Waals surface area contributed by atoms with Crippen molar-refractivity contribution in [2.75, 3.05) is 13.2 Å². The molecule has 0 bridgehead atoms. The van der Waals surface area contributed by atoms with Gasteiger partial charge in [0.25, 0.3) is 0 Å². The second kappa shape index (κ2) is 32.6. The number of aliphatic hydroxyl groups excluding tert-OH is 1. The van der Waals surface area contributed by atoms with Gasteiger partial charge in [-0.25, -0.2) is 0 Å². The molecule has 0 aliphatic rings. The molecule has 1 unspecified atom stereocenters. The molecule has 4 nitrogen and oxygen atoms in total. The lowest BCUT2D eigenvalue weighted by molar-refractivity contribution is -0.153. The number of ether oxygens (including phenoxy) is 1. The molecule has 0 aliphatic carbocycles. The first-order valence-corrected chi connectivity index (χ1v) is 18.0. The Morgan fingerprint density at radius 2 is 0.825 bits per heavy atom. The van der Waals surface area contributed by atoms with Gasteiger partial charge >= 0.3 is 5.97 Å². The second-order valence-corrected chi connectivity index (χ2v) is 12.3. The number of Topliss-reactive ketones (excluding diaryl/α,β-unsaturated/α-hetero) is 1. The number of carbonyl (C=O) groups excluding carboxylic acids is 2. The maximum atomic E-state index is 12.9. The van der Waals surface area contributed by atoms with Gasteiger partial charge in [0.2, 0.25) is 0 Å². The van der Waals surface area contributed by atoms with Crippen LogP contribution in [0.3, 0.4) is 0 Å². The molecule has 0 aromatic carbocycles. The molecular weight excluding hydrogens is 496 g/mol. The first kappa shape index (κ1) is 39.1. The molecule has 0 fully saturated rings. The minimum Gasteiger partial charge on any atom is -0.463 e. The molecular formula is C36H70O4.